The van der Waals surface area contributed by atoms with E-state index in [2.05, 4.69) is 50.6 Å². The summed E-state index contributed by atoms with van der Waals surface area (Å²) in [6.07, 6.45) is 6.75. The molecule has 0 amide bonds. The maximum atomic E-state index is 4.73. The van der Waals surface area contributed by atoms with Crippen LogP contribution in [0.1, 0.15) is 31.5 Å². The van der Waals surface area contributed by atoms with E-state index < -0.39 is 0 Å². The molecule has 0 N–H and O–H groups in total. The minimum absolute atomic E-state index is 0.513. The minimum Gasteiger partial charge on any atom is -0.306 e. The third-order valence-electron chi connectivity index (χ3n) is 3.54. The predicted octanol–water partition coefficient (Wildman–Crippen LogP) is 3.25. The molecule has 1 fully saturated rings. The molecule has 3 rings (SSSR count). The van der Waals surface area contributed by atoms with Gasteiger partial charge in [-0.3, -0.25) is 4.90 Å². The van der Waals surface area contributed by atoms with Gasteiger partial charge >= 0.3 is 0 Å². The molecule has 1 saturated heterocycles. The lowest BCUT2D eigenvalue weighted by Gasteiger charge is -2.20. The van der Waals surface area contributed by atoms with Gasteiger partial charge in [0.1, 0.15) is 5.65 Å². The van der Waals surface area contributed by atoms with Gasteiger partial charge in [-0.25, -0.2) is 4.98 Å². The van der Waals surface area contributed by atoms with Crippen molar-refractivity contribution in [2.24, 2.45) is 0 Å². The number of likely N-dealkylation sites (tertiary alicyclic amines) is 1. The van der Waals surface area contributed by atoms with E-state index in [4.69, 9.17) is 4.98 Å². The number of aromatic nitrogens is 2. The standard InChI is InChI=1S/C13H16BrN3/c1-2-16-7-3-4-12(16)11-9-17-8-10(14)5-6-13(17)15-11/h5-6,8-9,12H,2-4,7H2,1H3. The fourth-order valence-electron chi connectivity index (χ4n) is 2.68. The summed E-state index contributed by atoms with van der Waals surface area (Å²) in [7, 11) is 0. The van der Waals surface area contributed by atoms with Crippen LogP contribution in [-0.2, 0) is 0 Å². The first-order valence-corrected chi connectivity index (χ1v) is 6.95. The highest BCUT2D eigenvalue weighted by Gasteiger charge is 2.26. The molecule has 0 radical (unpaired) electrons. The van der Waals surface area contributed by atoms with Crippen molar-refractivity contribution in [2.45, 2.75) is 25.8 Å². The summed E-state index contributed by atoms with van der Waals surface area (Å²) in [6, 6.07) is 4.61. The van der Waals surface area contributed by atoms with E-state index in [9.17, 15) is 0 Å². The number of pyridine rings is 1. The Kier molecular flexibility index (Phi) is 2.92. The van der Waals surface area contributed by atoms with E-state index in [0.717, 1.165) is 16.7 Å². The minimum atomic E-state index is 0.513. The van der Waals surface area contributed by atoms with Crippen molar-refractivity contribution in [1.29, 1.82) is 0 Å². The molecular weight excluding hydrogens is 278 g/mol. The molecule has 4 heteroatoms. The lowest BCUT2D eigenvalue weighted by atomic mass is 10.1. The number of hydrogen-bond donors (Lipinski definition) is 0. The highest BCUT2D eigenvalue weighted by Crippen LogP contribution is 2.31. The van der Waals surface area contributed by atoms with Crippen LogP contribution < -0.4 is 0 Å². The van der Waals surface area contributed by atoms with Gasteiger partial charge in [-0.05, 0) is 54.0 Å². The summed E-state index contributed by atoms with van der Waals surface area (Å²) in [5.41, 5.74) is 2.24. The van der Waals surface area contributed by atoms with E-state index in [-0.39, 0.29) is 0 Å². The van der Waals surface area contributed by atoms with Gasteiger partial charge in [0.15, 0.2) is 0 Å². The molecule has 0 bridgehead atoms. The molecular formula is C13H16BrN3. The summed E-state index contributed by atoms with van der Waals surface area (Å²) in [4.78, 5) is 7.25. The second kappa shape index (κ2) is 4.42. The Labute approximate surface area is 110 Å². The molecule has 3 heterocycles. The van der Waals surface area contributed by atoms with Gasteiger partial charge in [0.05, 0.1) is 11.7 Å². The number of fused-ring (bicyclic) bond motifs is 1. The molecule has 2 aromatic rings. The van der Waals surface area contributed by atoms with Gasteiger partial charge in [0, 0.05) is 16.9 Å². The summed E-state index contributed by atoms with van der Waals surface area (Å²) in [5.74, 6) is 0. The van der Waals surface area contributed by atoms with Crippen molar-refractivity contribution in [3.8, 4) is 0 Å². The number of halogens is 1. The van der Waals surface area contributed by atoms with E-state index in [1.807, 2.05) is 6.07 Å². The molecule has 1 aliphatic rings. The van der Waals surface area contributed by atoms with Crippen LogP contribution in [0.5, 0.6) is 0 Å². The Morgan fingerprint density at radius 3 is 3.12 bits per heavy atom. The van der Waals surface area contributed by atoms with Gasteiger partial charge in [-0.15, -0.1) is 0 Å². The first-order valence-electron chi connectivity index (χ1n) is 6.16. The summed E-state index contributed by atoms with van der Waals surface area (Å²) in [6.45, 7) is 4.55. The molecule has 2 aromatic heterocycles. The van der Waals surface area contributed by atoms with Crippen molar-refractivity contribution in [3.05, 3.63) is 34.7 Å². The Balaban J connectivity index is 2.00. The van der Waals surface area contributed by atoms with E-state index in [1.165, 1.54) is 25.1 Å². The number of rotatable bonds is 2. The summed E-state index contributed by atoms with van der Waals surface area (Å²) in [5, 5.41) is 0. The molecule has 1 unspecified atom stereocenters. The fourth-order valence-corrected chi connectivity index (χ4v) is 3.04. The van der Waals surface area contributed by atoms with Crippen molar-refractivity contribution in [2.75, 3.05) is 13.1 Å². The summed E-state index contributed by atoms with van der Waals surface area (Å²) < 4.78 is 3.19. The average Bonchev–Trinajstić information content (AvgIpc) is 2.93. The molecule has 1 atom stereocenters. The van der Waals surface area contributed by atoms with Crippen LogP contribution in [0.4, 0.5) is 0 Å². The molecule has 0 aliphatic carbocycles. The quantitative estimate of drug-likeness (QED) is 0.847. The maximum Gasteiger partial charge on any atom is 0.137 e. The number of nitrogens with zero attached hydrogens (tertiary/aromatic N) is 3. The van der Waals surface area contributed by atoms with Crippen molar-refractivity contribution in [1.82, 2.24) is 14.3 Å². The van der Waals surface area contributed by atoms with Gasteiger partial charge in [-0.1, -0.05) is 6.92 Å². The molecule has 90 valence electrons. The molecule has 3 nitrogen and oxygen atoms in total. The zero-order chi connectivity index (χ0) is 11.8. The Hall–Kier alpha value is -0.870. The largest absolute Gasteiger partial charge is 0.306 e. The van der Waals surface area contributed by atoms with E-state index >= 15 is 0 Å². The lowest BCUT2D eigenvalue weighted by Crippen LogP contribution is -2.22. The first-order chi connectivity index (χ1) is 8.28. The Bertz CT molecular complexity index is 534. The van der Waals surface area contributed by atoms with Crippen molar-refractivity contribution in [3.63, 3.8) is 0 Å². The predicted molar refractivity (Wildman–Crippen MR) is 72.1 cm³/mol. The first kappa shape index (κ1) is 11.2. The fraction of sp³-hybridized carbons (Fsp3) is 0.462. The van der Waals surface area contributed by atoms with Gasteiger partial charge in [-0.2, -0.15) is 0 Å². The highest BCUT2D eigenvalue weighted by molar-refractivity contribution is 9.10. The van der Waals surface area contributed by atoms with Crippen LogP contribution in [0.15, 0.2) is 29.0 Å². The second-order valence-corrected chi connectivity index (χ2v) is 5.48. The number of imidazole rings is 1. The monoisotopic (exact) mass is 293 g/mol. The molecule has 0 saturated carbocycles. The average molecular weight is 294 g/mol. The molecule has 17 heavy (non-hydrogen) atoms. The molecule has 1 aliphatic heterocycles. The Morgan fingerprint density at radius 1 is 1.41 bits per heavy atom. The third kappa shape index (κ3) is 2.00. The van der Waals surface area contributed by atoms with Gasteiger partial charge in [0.2, 0.25) is 0 Å². The van der Waals surface area contributed by atoms with Crippen LogP contribution in [0, 0.1) is 0 Å². The third-order valence-corrected chi connectivity index (χ3v) is 4.01. The highest BCUT2D eigenvalue weighted by atomic mass is 79.9. The van der Waals surface area contributed by atoms with Crippen LogP contribution >= 0.6 is 15.9 Å². The van der Waals surface area contributed by atoms with E-state index in [0.29, 0.717) is 6.04 Å². The number of hydrogen-bond acceptors (Lipinski definition) is 2. The zero-order valence-electron chi connectivity index (χ0n) is 9.93. The van der Waals surface area contributed by atoms with Gasteiger partial charge in [0.25, 0.3) is 0 Å². The van der Waals surface area contributed by atoms with Crippen molar-refractivity contribution >= 4 is 21.6 Å². The SMILES string of the molecule is CCN1CCCC1c1cn2cc(Br)ccc2n1. The van der Waals surface area contributed by atoms with Crippen molar-refractivity contribution < 1.29 is 0 Å². The molecule has 0 spiro atoms. The lowest BCUT2D eigenvalue weighted by molar-refractivity contribution is 0.268. The van der Waals surface area contributed by atoms with Crippen LogP contribution in [0.25, 0.3) is 5.65 Å². The smallest absolute Gasteiger partial charge is 0.137 e. The summed E-state index contributed by atoms with van der Waals surface area (Å²) >= 11 is 3.49. The van der Waals surface area contributed by atoms with E-state index in [1.54, 1.807) is 0 Å². The molecule has 0 aromatic carbocycles. The normalized spacial score (nSPS) is 21.4. The Morgan fingerprint density at radius 2 is 2.29 bits per heavy atom. The van der Waals surface area contributed by atoms with Crippen LogP contribution in [-0.4, -0.2) is 27.4 Å². The van der Waals surface area contributed by atoms with Crippen LogP contribution in [0.3, 0.4) is 0 Å². The maximum absolute atomic E-state index is 4.73. The van der Waals surface area contributed by atoms with Gasteiger partial charge < -0.3 is 4.40 Å². The zero-order valence-corrected chi connectivity index (χ0v) is 11.5. The van der Waals surface area contributed by atoms with Crippen LogP contribution in [0.2, 0.25) is 0 Å². The second-order valence-electron chi connectivity index (χ2n) is 4.57. The topological polar surface area (TPSA) is 20.5 Å².